The third-order valence-corrected chi connectivity index (χ3v) is 4.09. The van der Waals surface area contributed by atoms with Crippen molar-refractivity contribution in [3.63, 3.8) is 0 Å². The van der Waals surface area contributed by atoms with Gasteiger partial charge in [0.15, 0.2) is 0 Å². The highest BCUT2D eigenvalue weighted by atomic mass is 15.0. The molecule has 90 valence electrons. The van der Waals surface area contributed by atoms with E-state index in [-0.39, 0.29) is 0 Å². The summed E-state index contributed by atoms with van der Waals surface area (Å²) in [7, 11) is 0. The number of hydrogen-bond donors (Lipinski definition) is 1. The Balaban J connectivity index is 2.38. The van der Waals surface area contributed by atoms with Crippen LogP contribution in [0.5, 0.6) is 0 Å². The van der Waals surface area contributed by atoms with E-state index in [0.29, 0.717) is 0 Å². The molecule has 1 unspecified atom stereocenters. The molecule has 1 atom stereocenters. The summed E-state index contributed by atoms with van der Waals surface area (Å²) in [5.74, 6) is 0.962. The molecule has 1 saturated carbocycles. The van der Waals surface area contributed by atoms with Gasteiger partial charge in [-0.05, 0) is 38.0 Å². The van der Waals surface area contributed by atoms with Crippen molar-refractivity contribution in [3.8, 4) is 0 Å². The summed E-state index contributed by atoms with van der Waals surface area (Å²) in [5.41, 5.74) is 0. The molecule has 0 saturated heterocycles. The van der Waals surface area contributed by atoms with E-state index in [1.165, 1.54) is 51.4 Å². The number of hydrogen-bond acceptors (Lipinski definition) is 1. The predicted molar refractivity (Wildman–Crippen MR) is 68.2 cm³/mol. The minimum absolute atomic E-state index is 0.747. The first kappa shape index (κ1) is 13.0. The zero-order chi connectivity index (χ0) is 11.1. The minimum Gasteiger partial charge on any atom is -0.311 e. The molecular formula is C14H29N. The van der Waals surface area contributed by atoms with Gasteiger partial charge in [-0.3, -0.25) is 0 Å². The van der Waals surface area contributed by atoms with Gasteiger partial charge in [-0.2, -0.15) is 0 Å². The first-order chi connectivity index (χ1) is 7.31. The molecule has 0 amide bonds. The first-order valence-electron chi connectivity index (χ1n) is 7.07. The second kappa shape index (κ2) is 7.27. The van der Waals surface area contributed by atoms with E-state index >= 15 is 0 Å². The monoisotopic (exact) mass is 211 g/mol. The molecule has 0 aromatic carbocycles. The van der Waals surface area contributed by atoms with Crippen molar-refractivity contribution in [1.82, 2.24) is 5.32 Å². The van der Waals surface area contributed by atoms with Gasteiger partial charge in [0, 0.05) is 12.1 Å². The minimum atomic E-state index is 0.747. The lowest BCUT2D eigenvalue weighted by Crippen LogP contribution is -2.42. The third-order valence-electron chi connectivity index (χ3n) is 4.09. The largest absolute Gasteiger partial charge is 0.311 e. The second-order valence-electron chi connectivity index (χ2n) is 5.09. The second-order valence-corrected chi connectivity index (χ2v) is 5.09. The van der Waals surface area contributed by atoms with Crippen LogP contribution in [0.1, 0.15) is 72.1 Å². The van der Waals surface area contributed by atoms with Crippen LogP contribution in [-0.4, -0.2) is 12.1 Å². The Hall–Kier alpha value is -0.0400. The van der Waals surface area contributed by atoms with Gasteiger partial charge in [0.1, 0.15) is 0 Å². The highest BCUT2D eigenvalue weighted by molar-refractivity contribution is 4.80. The number of rotatable bonds is 6. The Labute approximate surface area is 96.0 Å². The van der Waals surface area contributed by atoms with Crippen molar-refractivity contribution in [2.75, 3.05) is 0 Å². The van der Waals surface area contributed by atoms with Crippen LogP contribution in [0, 0.1) is 5.92 Å². The van der Waals surface area contributed by atoms with E-state index in [9.17, 15) is 0 Å². The summed E-state index contributed by atoms with van der Waals surface area (Å²) in [6.45, 7) is 6.94. The summed E-state index contributed by atoms with van der Waals surface area (Å²) < 4.78 is 0. The van der Waals surface area contributed by atoms with Gasteiger partial charge in [0.25, 0.3) is 0 Å². The van der Waals surface area contributed by atoms with Crippen LogP contribution < -0.4 is 5.32 Å². The van der Waals surface area contributed by atoms with E-state index in [2.05, 4.69) is 26.1 Å². The smallest absolute Gasteiger partial charge is 0.00952 e. The average Bonchev–Trinajstić information content (AvgIpc) is 2.32. The van der Waals surface area contributed by atoms with Gasteiger partial charge in [-0.1, -0.05) is 40.0 Å². The highest BCUT2D eigenvalue weighted by Gasteiger charge is 2.23. The normalized spacial score (nSPS) is 20.8. The molecule has 1 nitrogen and oxygen atoms in total. The predicted octanol–water partition coefficient (Wildman–Crippen LogP) is 4.12. The van der Waals surface area contributed by atoms with Crippen LogP contribution in [0.2, 0.25) is 0 Å². The SMILES string of the molecule is CCC(CC)NC(CC)C1CCCCC1. The summed E-state index contributed by atoms with van der Waals surface area (Å²) in [4.78, 5) is 0. The molecule has 1 fully saturated rings. The summed E-state index contributed by atoms with van der Waals surface area (Å²) in [6.07, 6.45) is 11.2. The molecule has 15 heavy (non-hydrogen) atoms. The van der Waals surface area contributed by atoms with Crippen molar-refractivity contribution < 1.29 is 0 Å². The van der Waals surface area contributed by atoms with Gasteiger partial charge in [0.05, 0.1) is 0 Å². The molecule has 0 radical (unpaired) electrons. The van der Waals surface area contributed by atoms with Crippen molar-refractivity contribution in [1.29, 1.82) is 0 Å². The maximum Gasteiger partial charge on any atom is 0.00952 e. The maximum atomic E-state index is 3.87. The lowest BCUT2D eigenvalue weighted by Gasteiger charge is -2.33. The van der Waals surface area contributed by atoms with Crippen LogP contribution in [0.15, 0.2) is 0 Å². The lowest BCUT2D eigenvalue weighted by atomic mass is 9.82. The highest BCUT2D eigenvalue weighted by Crippen LogP contribution is 2.28. The van der Waals surface area contributed by atoms with Crippen molar-refractivity contribution in [3.05, 3.63) is 0 Å². The van der Waals surface area contributed by atoms with Crippen molar-refractivity contribution >= 4 is 0 Å². The maximum absolute atomic E-state index is 3.87. The molecule has 1 N–H and O–H groups in total. The third kappa shape index (κ3) is 4.14. The van der Waals surface area contributed by atoms with Crippen LogP contribution in [-0.2, 0) is 0 Å². The van der Waals surface area contributed by atoms with Gasteiger partial charge in [-0.25, -0.2) is 0 Å². The molecule has 1 aliphatic rings. The fraction of sp³-hybridized carbons (Fsp3) is 1.00. The fourth-order valence-electron chi connectivity index (χ4n) is 2.95. The molecule has 0 aromatic rings. The van der Waals surface area contributed by atoms with Crippen LogP contribution in [0.25, 0.3) is 0 Å². The lowest BCUT2D eigenvalue weighted by molar-refractivity contribution is 0.241. The van der Waals surface area contributed by atoms with Crippen molar-refractivity contribution in [2.24, 2.45) is 5.92 Å². The summed E-state index contributed by atoms with van der Waals surface area (Å²) >= 11 is 0. The van der Waals surface area contributed by atoms with Crippen LogP contribution >= 0.6 is 0 Å². The molecule has 0 heterocycles. The van der Waals surface area contributed by atoms with Gasteiger partial charge in [-0.15, -0.1) is 0 Å². The molecule has 0 bridgehead atoms. The molecule has 0 spiro atoms. The fourth-order valence-corrected chi connectivity index (χ4v) is 2.95. The van der Waals surface area contributed by atoms with E-state index in [1.807, 2.05) is 0 Å². The molecule has 0 aliphatic heterocycles. The first-order valence-corrected chi connectivity index (χ1v) is 7.07. The van der Waals surface area contributed by atoms with Crippen LogP contribution in [0.3, 0.4) is 0 Å². The Morgan fingerprint density at radius 2 is 1.53 bits per heavy atom. The Morgan fingerprint density at radius 1 is 0.933 bits per heavy atom. The van der Waals surface area contributed by atoms with Crippen molar-refractivity contribution in [2.45, 2.75) is 84.2 Å². The van der Waals surface area contributed by atoms with E-state index in [1.54, 1.807) is 0 Å². The Bertz CT molecular complexity index is 145. The summed E-state index contributed by atoms with van der Waals surface area (Å²) in [5, 5.41) is 3.87. The standard InChI is InChI=1S/C14H29N/c1-4-13(5-2)15-14(6-3)12-10-8-7-9-11-12/h12-15H,4-11H2,1-3H3. The Morgan fingerprint density at radius 3 is 2.00 bits per heavy atom. The quantitative estimate of drug-likeness (QED) is 0.697. The number of nitrogens with one attached hydrogen (secondary N) is 1. The Kier molecular flexibility index (Phi) is 6.31. The van der Waals surface area contributed by atoms with Gasteiger partial charge >= 0.3 is 0 Å². The zero-order valence-corrected chi connectivity index (χ0v) is 10.9. The van der Waals surface area contributed by atoms with Crippen LogP contribution in [0.4, 0.5) is 0 Å². The molecule has 1 aliphatic carbocycles. The average molecular weight is 211 g/mol. The topological polar surface area (TPSA) is 12.0 Å². The van der Waals surface area contributed by atoms with Gasteiger partial charge in [0.2, 0.25) is 0 Å². The van der Waals surface area contributed by atoms with E-state index < -0.39 is 0 Å². The molecule has 0 aromatic heterocycles. The molecule has 1 heteroatoms. The van der Waals surface area contributed by atoms with E-state index in [4.69, 9.17) is 0 Å². The zero-order valence-electron chi connectivity index (χ0n) is 10.9. The molecular weight excluding hydrogens is 182 g/mol. The summed E-state index contributed by atoms with van der Waals surface area (Å²) in [6, 6.07) is 1.53. The van der Waals surface area contributed by atoms with E-state index in [0.717, 1.165) is 18.0 Å². The molecule has 1 rings (SSSR count). The van der Waals surface area contributed by atoms with Gasteiger partial charge < -0.3 is 5.32 Å².